The topological polar surface area (TPSA) is 80.3 Å². The summed E-state index contributed by atoms with van der Waals surface area (Å²) in [6.45, 7) is 0.561. The van der Waals surface area contributed by atoms with Gasteiger partial charge in [-0.1, -0.05) is 23.7 Å². The van der Waals surface area contributed by atoms with Crippen LogP contribution in [0.1, 0.15) is 28.0 Å². The molecule has 0 aliphatic carbocycles. The van der Waals surface area contributed by atoms with E-state index in [4.69, 9.17) is 16.3 Å². The third kappa shape index (κ3) is 6.57. The molecule has 0 saturated carbocycles. The highest BCUT2D eigenvalue weighted by atomic mass is 35.5. The molecule has 0 fully saturated rings. The van der Waals surface area contributed by atoms with Crippen LogP contribution in [0.4, 0.5) is 5.13 Å². The average Bonchev–Trinajstić information content (AvgIpc) is 3.20. The number of halogens is 1. The number of hydrogen-bond acceptors (Lipinski definition) is 5. The fourth-order valence-corrected chi connectivity index (χ4v) is 3.62. The number of hydrogen-bond donors (Lipinski definition) is 2. The first-order chi connectivity index (χ1) is 14.5. The van der Waals surface area contributed by atoms with Crippen molar-refractivity contribution in [2.24, 2.45) is 0 Å². The van der Waals surface area contributed by atoms with Gasteiger partial charge in [0.25, 0.3) is 5.91 Å². The molecule has 1 heterocycles. The lowest BCUT2D eigenvalue weighted by Gasteiger charge is -2.06. The van der Waals surface area contributed by atoms with Crippen molar-refractivity contribution in [1.29, 1.82) is 0 Å². The van der Waals surface area contributed by atoms with Gasteiger partial charge in [0.05, 0.1) is 12.8 Å². The van der Waals surface area contributed by atoms with E-state index in [2.05, 4.69) is 15.6 Å². The molecule has 1 aromatic heterocycles. The second-order valence-corrected chi connectivity index (χ2v) is 7.85. The highest BCUT2D eigenvalue weighted by molar-refractivity contribution is 7.14. The van der Waals surface area contributed by atoms with Crippen LogP contribution < -0.4 is 15.4 Å². The number of thiazole rings is 1. The van der Waals surface area contributed by atoms with Crippen molar-refractivity contribution in [2.45, 2.75) is 19.3 Å². The zero-order valence-electron chi connectivity index (χ0n) is 16.5. The number of amides is 2. The van der Waals surface area contributed by atoms with Crippen LogP contribution in [0.3, 0.4) is 0 Å². The molecule has 8 heteroatoms. The van der Waals surface area contributed by atoms with Crippen LogP contribution in [0.2, 0.25) is 5.02 Å². The lowest BCUT2D eigenvalue weighted by molar-refractivity contribution is -0.121. The van der Waals surface area contributed by atoms with Crippen molar-refractivity contribution in [3.63, 3.8) is 0 Å². The molecule has 30 heavy (non-hydrogen) atoms. The van der Waals surface area contributed by atoms with E-state index >= 15 is 0 Å². The Morgan fingerprint density at radius 2 is 1.93 bits per heavy atom. The summed E-state index contributed by atoms with van der Waals surface area (Å²) in [5, 5.41) is 8.61. The van der Waals surface area contributed by atoms with Gasteiger partial charge in [-0.3, -0.25) is 14.9 Å². The molecular weight excluding hydrogens is 422 g/mol. The van der Waals surface area contributed by atoms with E-state index in [1.807, 2.05) is 29.6 Å². The molecule has 0 spiro atoms. The van der Waals surface area contributed by atoms with Crippen molar-refractivity contribution in [3.05, 3.63) is 75.8 Å². The van der Waals surface area contributed by atoms with Crippen LogP contribution in [0, 0.1) is 0 Å². The molecule has 3 aromatic rings. The van der Waals surface area contributed by atoms with Gasteiger partial charge in [0, 0.05) is 28.9 Å². The summed E-state index contributed by atoms with van der Waals surface area (Å²) in [6, 6.07) is 14.4. The van der Waals surface area contributed by atoms with Crippen LogP contribution in [0.15, 0.2) is 53.9 Å². The largest absolute Gasteiger partial charge is 0.497 e. The maximum atomic E-state index is 12.2. The second kappa shape index (κ2) is 10.8. The number of anilines is 1. The van der Waals surface area contributed by atoms with E-state index < -0.39 is 0 Å². The van der Waals surface area contributed by atoms with Crippen molar-refractivity contribution in [2.75, 3.05) is 19.0 Å². The molecule has 0 aliphatic heterocycles. The molecule has 0 saturated heterocycles. The fraction of sp³-hybridized carbons (Fsp3) is 0.227. The van der Waals surface area contributed by atoms with E-state index in [-0.39, 0.29) is 11.8 Å². The zero-order chi connectivity index (χ0) is 21.3. The van der Waals surface area contributed by atoms with Crippen molar-refractivity contribution in [3.8, 4) is 5.75 Å². The summed E-state index contributed by atoms with van der Waals surface area (Å²) in [5.41, 5.74) is 2.39. The number of carbonyl (C=O) groups is 2. The fourth-order valence-electron chi connectivity index (χ4n) is 2.75. The van der Waals surface area contributed by atoms with E-state index in [1.54, 1.807) is 31.4 Å². The van der Waals surface area contributed by atoms with Gasteiger partial charge in [-0.05, 0) is 54.8 Å². The minimum atomic E-state index is -0.247. The van der Waals surface area contributed by atoms with Gasteiger partial charge in [-0.2, -0.15) is 0 Å². The highest BCUT2D eigenvalue weighted by Gasteiger charge is 2.10. The number of carbonyl (C=O) groups excluding carboxylic acids is 2. The Hall–Kier alpha value is -2.90. The summed E-state index contributed by atoms with van der Waals surface area (Å²) in [6.07, 6.45) is 1.59. The zero-order valence-corrected chi connectivity index (χ0v) is 18.1. The Kier molecular flexibility index (Phi) is 7.82. The van der Waals surface area contributed by atoms with Crippen molar-refractivity contribution in [1.82, 2.24) is 10.3 Å². The van der Waals surface area contributed by atoms with Gasteiger partial charge >= 0.3 is 0 Å². The molecule has 0 atom stereocenters. The molecule has 0 bridgehead atoms. The van der Waals surface area contributed by atoms with Crippen molar-refractivity contribution < 1.29 is 14.3 Å². The van der Waals surface area contributed by atoms with Crippen molar-refractivity contribution >= 4 is 39.9 Å². The number of nitrogens with zero attached hydrogens (tertiary/aromatic N) is 1. The molecular formula is C22H22ClN3O3S. The first-order valence-corrected chi connectivity index (χ1v) is 10.7. The normalized spacial score (nSPS) is 10.5. The predicted octanol–water partition coefficient (Wildman–Crippen LogP) is 4.35. The third-order valence-corrected chi connectivity index (χ3v) is 5.42. The van der Waals surface area contributed by atoms with Crippen LogP contribution >= 0.6 is 22.9 Å². The van der Waals surface area contributed by atoms with E-state index in [0.717, 1.165) is 23.4 Å². The summed E-state index contributed by atoms with van der Waals surface area (Å²) < 4.78 is 5.20. The van der Waals surface area contributed by atoms with E-state index in [9.17, 15) is 9.59 Å². The molecule has 3 rings (SSSR count). The second-order valence-electron chi connectivity index (χ2n) is 6.56. The Balaban J connectivity index is 1.40. The Labute approximate surface area is 184 Å². The van der Waals surface area contributed by atoms with E-state index in [1.165, 1.54) is 11.3 Å². The summed E-state index contributed by atoms with van der Waals surface area (Å²) in [5.74, 6) is 0.529. The van der Waals surface area contributed by atoms with Crippen LogP contribution in [0.5, 0.6) is 5.75 Å². The SMILES string of the molecule is COc1cccc(CCNC(=O)CCc2csc(NC(=O)c3ccc(Cl)cc3)n2)c1. The van der Waals surface area contributed by atoms with Gasteiger partial charge in [0.1, 0.15) is 5.75 Å². The maximum absolute atomic E-state index is 12.2. The Morgan fingerprint density at radius 3 is 2.70 bits per heavy atom. The molecule has 2 amide bonds. The number of benzene rings is 2. The van der Waals surface area contributed by atoms with E-state index in [0.29, 0.717) is 35.1 Å². The molecule has 2 aromatic carbocycles. The molecule has 2 N–H and O–H groups in total. The van der Waals surface area contributed by atoms with Gasteiger partial charge in [-0.15, -0.1) is 11.3 Å². The number of methoxy groups -OCH3 is 1. The van der Waals surface area contributed by atoms with Crippen LogP contribution in [-0.2, 0) is 17.6 Å². The first kappa shape index (κ1) is 21.8. The molecule has 0 aliphatic rings. The quantitative estimate of drug-likeness (QED) is 0.515. The third-order valence-electron chi connectivity index (χ3n) is 4.36. The number of aryl methyl sites for hydroxylation is 1. The summed E-state index contributed by atoms with van der Waals surface area (Å²) in [7, 11) is 1.63. The van der Waals surface area contributed by atoms with Gasteiger partial charge in [0.15, 0.2) is 5.13 Å². The van der Waals surface area contributed by atoms with Gasteiger partial charge in [0.2, 0.25) is 5.91 Å². The smallest absolute Gasteiger partial charge is 0.257 e. The van der Waals surface area contributed by atoms with Gasteiger partial charge < -0.3 is 10.1 Å². The predicted molar refractivity (Wildman–Crippen MR) is 120 cm³/mol. The number of rotatable bonds is 9. The minimum absolute atomic E-state index is 0.0300. The average molecular weight is 444 g/mol. The summed E-state index contributed by atoms with van der Waals surface area (Å²) >= 11 is 7.17. The Morgan fingerprint density at radius 1 is 1.13 bits per heavy atom. The molecule has 156 valence electrons. The number of aromatic nitrogens is 1. The lowest BCUT2D eigenvalue weighted by atomic mass is 10.1. The highest BCUT2D eigenvalue weighted by Crippen LogP contribution is 2.18. The summed E-state index contributed by atoms with van der Waals surface area (Å²) in [4.78, 5) is 28.7. The maximum Gasteiger partial charge on any atom is 0.257 e. The number of nitrogens with one attached hydrogen (secondary N) is 2. The van der Waals surface area contributed by atoms with Gasteiger partial charge in [-0.25, -0.2) is 4.98 Å². The van der Waals surface area contributed by atoms with Crippen LogP contribution in [0.25, 0.3) is 0 Å². The first-order valence-electron chi connectivity index (χ1n) is 9.44. The number of ether oxygens (including phenoxy) is 1. The molecule has 0 radical (unpaired) electrons. The standard InChI is InChI=1S/C22H22ClN3O3S/c1-29-19-4-2-3-15(13-19)11-12-24-20(27)10-9-18-14-30-22(25-18)26-21(28)16-5-7-17(23)8-6-16/h2-8,13-14H,9-12H2,1H3,(H,24,27)(H,25,26,28). The molecule has 0 unspecified atom stereocenters. The Bertz CT molecular complexity index is 1000. The lowest BCUT2D eigenvalue weighted by Crippen LogP contribution is -2.25. The minimum Gasteiger partial charge on any atom is -0.497 e. The molecule has 6 nitrogen and oxygen atoms in total. The monoisotopic (exact) mass is 443 g/mol. The van der Waals surface area contributed by atoms with Crippen LogP contribution in [-0.4, -0.2) is 30.5 Å².